The van der Waals surface area contributed by atoms with Crippen LogP contribution >= 0.6 is 0 Å². The van der Waals surface area contributed by atoms with Crippen LogP contribution in [-0.4, -0.2) is 52.0 Å². The first-order valence-corrected chi connectivity index (χ1v) is 9.08. The lowest BCUT2D eigenvalue weighted by atomic mass is 9.87. The van der Waals surface area contributed by atoms with Crippen molar-refractivity contribution in [1.82, 2.24) is 14.7 Å². The largest absolute Gasteiger partial charge is 0.497 e. The van der Waals surface area contributed by atoms with Gasteiger partial charge in [-0.15, -0.1) is 0 Å². The summed E-state index contributed by atoms with van der Waals surface area (Å²) >= 11 is 0. The third-order valence-corrected chi connectivity index (χ3v) is 5.12. The van der Waals surface area contributed by atoms with Crippen LogP contribution in [0.1, 0.15) is 35.7 Å². The Morgan fingerprint density at radius 2 is 2.04 bits per heavy atom. The van der Waals surface area contributed by atoms with E-state index in [4.69, 9.17) is 4.74 Å². The summed E-state index contributed by atoms with van der Waals surface area (Å²) in [5, 5.41) is 15.0. The molecule has 1 aromatic heterocycles. The minimum atomic E-state index is -0.547. The molecule has 0 radical (unpaired) electrons. The second kappa shape index (κ2) is 7.91. The van der Waals surface area contributed by atoms with Crippen LogP contribution in [0.3, 0.4) is 0 Å². The number of aromatic nitrogens is 2. The number of β-amino-alcohol motifs (C(OH)–C–C–N with tert-alkyl or cyclic N) is 1. The number of likely N-dealkylation sites (tertiary alicyclic amines) is 1. The number of rotatable bonds is 5. The molecule has 1 amide bonds. The first kappa shape index (κ1) is 18.5. The van der Waals surface area contributed by atoms with E-state index in [9.17, 15) is 9.90 Å². The summed E-state index contributed by atoms with van der Waals surface area (Å²) in [6, 6.07) is 9.82. The van der Waals surface area contributed by atoms with E-state index in [0.717, 1.165) is 29.1 Å². The van der Waals surface area contributed by atoms with Gasteiger partial charge in [-0.2, -0.15) is 5.10 Å². The highest BCUT2D eigenvalue weighted by atomic mass is 16.5. The molecule has 2 atom stereocenters. The Kier molecular flexibility index (Phi) is 5.61. The van der Waals surface area contributed by atoms with Crippen molar-refractivity contribution in [3.8, 4) is 5.75 Å². The molecule has 2 heterocycles. The highest BCUT2D eigenvalue weighted by Crippen LogP contribution is 2.30. The van der Waals surface area contributed by atoms with E-state index >= 15 is 0 Å². The molecule has 1 aromatic carbocycles. The molecular weight excluding hydrogens is 330 g/mol. The average molecular weight is 357 g/mol. The van der Waals surface area contributed by atoms with Crippen LogP contribution < -0.4 is 4.74 Å². The number of methoxy groups -OCH3 is 1. The van der Waals surface area contributed by atoms with Crippen LogP contribution in [0, 0.1) is 13.8 Å². The van der Waals surface area contributed by atoms with Crippen molar-refractivity contribution in [2.75, 3.05) is 20.2 Å². The van der Waals surface area contributed by atoms with Gasteiger partial charge in [-0.25, -0.2) is 0 Å². The number of amides is 1. The Labute approximate surface area is 154 Å². The predicted octanol–water partition coefficient (Wildman–Crippen LogP) is 2.28. The van der Waals surface area contributed by atoms with Crippen LogP contribution in [0.4, 0.5) is 0 Å². The van der Waals surface area contributed by atoms with E-state index in [1.807, 2.05) is 48.9 Å². The summed E-state index contributed by atoms with van der Waals surface area (Å²) in [7, 11) is 1.64. The van der Waals surface area contributed by atoms with Crippen molar-refractivity contribution in [1.29, 1.82) is 0 Å². The lowest BCUT2D eigenvalue weighted by Gasteiger charge is -2.36. The number of nitrogens with zero attached hydrogens (tertiary/aromatic N) is 3. The van der Waals surface area contributed by atoms with E-state index in [0.29, 0.717) is 26.1 Å². The smallest absolute Gasteiger partial charge is 0.224 e. The molecule has 6 nitrogen and oxygen atoms in total. The van der Waals surface area contributed by atoms with Crippen molar-refractivity contribution >= 4 is 5.91 Å². The van der Waals surface area contributed by atoms with Gasteiger partial charge in [0, 0.05) is 37.7 Å². The summed E-state index contributed by atoms with van der Waals surface area (Å²) in [6.45, 7) is 5.57. The van der Waals surface area contributed by atoms with Gasteiger partial charge >= 0.3 is 0 Å². The summed E-state index contributed by atoms with van der Waals surface area (Å²) in [5.74, 6) is 0.936. The lowest BCUT2D eigenvalue weighted by molar-refractivity contribution is -0.135. The van der Waals surface area contributed by atoms with Gasteiger partial charge in [-0.3, -0.25) is 9.48 Å². The van der Waals surface area contributed by atoms with Gasteiger partial charge in [0.25, 0.3) is 0 Å². The summed E-state index contributed by atoms with van der Waals surface area (Å²) in [6.07, 6.45) is 0.621. The van der Waals surface area contributed by atoms with E-state index in [-0.39, 0.29) is 11.8 Å². The highest BCUT2D eigenvalue weighted by Gasteiger charge is 2.31. The lowest BCUT2D eigenvalue weighted by Crippen LogP contribution is -2.45. The van der Waals surface area contributed by atoms with Crippen LogP contribution in [-0.2, 0) is 11.3 Å². The van der Waals surface area contributed by atoms with Crippen molar-refractivity contribution in [2.24, 2.45) is 0 Å². The highest BCUT2D eigenvalue weighted by molar-refractivity contribution is 5.76. The Morgan fingerprint density at radius 3 is 2.62 bits per heavy atom. The van der Waals surface area contributed by atoms with Crippen molar-refractivity contribution < 1.29 is 14.6 Å². The zero-order chi connectivity index (χ0) is 18.7. The number of carbonyl (C=O) groups is 1. The standard InChI is InChI=1S/C20H27N3O3/c1-14-12-15(2)23(21-14)11-9-20(25)22-10-8-18(19(24)13-22)16-4-6-17(26-3)7-5-16/h4-7,12,18-19,24H,8-11,13H2,1-3H3/t18-,19+/m0/s1. The number of hydrogen-bond donors (Lipinski definition) is 1. The fraction of sp³-hybridized carbons (Fsp3) is 0.500. The molecule has 140 valence electrons. The van der Waals surface area contributed by atoms with Gasteiger partial charge in [0.05, 0.1) is 18.9 Å². The molecule has 0 unspecified atom stereocenters. The van der Waals surface area contributed by atoms with Gasteiger partial charge in [0.2, 0.25) is 5.91 Å². The molecule has 6 heteroatoms. The number of aliphatic hydroxyl groups excluding tert-OH is 1. The Bertz CT molecular complexity index is 754. The van der Waals surface area contributed by atoms with Crippen molar-refractivity contribution in [3.63, 3.8) is 0 Å². The van der Waals surface area contributed by atoms with Crippen LogP contribution in [0.15, 0.2) is 30.3 Å². The number of piperidine rings is 1. The molecule has 3 rings (SSSR count). The zero-order valence-electron chi connectivity index (χ0n) is 15.7. The van der Waals surface area contributed by atoms with Gasteiger partial charge in [-0.05, 0) is 44.0 Å². The molecule has 0 saturated carbocycles. The Balaban J connectivity index is 1.55. The molecule has 26 heavy (non-hydrogen) atoms. The third kappa shape index (κ3) is 4.07. The number of hydrogen-bond acceptors (Lipinski definition) is 4. The predicted molar refractivity (Wildman–Crippen MR) is 99.3 cm³/mol. The molecule has 1 N–H and O–H groups in total. The summed E-state index contributed by atoms with van der Waals surface area (Å²) in [4.78, 5) is 14.3. The monoisotopic (exact) mass is 357 g/mol. The first-order chi connectivity index (χ1) is 12.5. The second-order valence-electron chi connectivity index (χ2n) is 6.98. The first-order valence-electron chi connectivity index (χ1n) is 9.08. The average Bonchev–Trinajstić information content (AvgIpc) is 2.97. The normalized spacial score (nSPS) is 20.2. The van der Waals surface area contributed by atoms with Crippen LogP contribution in [0.5, 0.6) is 5.75 Å². The molecule has 1 aliphatic rings. The molecule has 2 aromatic rings. The summed E-state index contributed by atoms with van der Waals surface area (Å²) in [5.41, 5.74) is 3.12. The number of carbonyl (C=O) groups excluding carboxylic acids is 1. The van der Waals surface area contributed by atoms with Crippen molar-refractivity contribution in [2.45, 2.75) is 45.3 Å². The molecule has 1 aliphatic heterocycles. The quantitative estimate of drug-likeness (QED) is 0.891. The maximum atomic E-state index is 12.5. The fourth-order valence-corrected chi connectivity index (χ4v) is 3.66. The minimum Gasteiger partial charge on any atom is -0.497 e. The van der Waals surface area contributed by atoms with Crippen molar-refractivity contribution in [3.05, 3.63) is 47.3 Å². The second-order valence-corrected chi connectivity index (χ2v) is 6.98. The third-order valence-electron chi connectivity index (χ3n) is 5.12. The van der Waals surface area contributed by atoms with Crippen LogP contribution in [0.2, 0.25) is 0 Å². The van der Waals surface area contributed by atoms with E-state index < -0.39 is 6.10 Å². The van der Waals surface area contributed by atoms with E-state index in [1.54, 1.807) is 12.0 Å². The molecule has 0 spiro atoms. The Hall–Kier alpha value is -2.34. The molecule has 1 saturated heterocycles. The SMILES string of the molecule is COc1ccc([C@@H]2CCN(C(=O)CCn3nc(C)cc3C)C[C@H]2O)cc1. The van der Waals surface area contributed by atoms with Gasteiger partial charge in [0.15, 0.2) is 0 Å². The molecule has 0 aliphatic carbocycles. The minimum absolute atomic E-state index is 0.0564. The van der Waals surface area contributed by atoms with Gasteiger partial charge in [0.1, 0.15) is 5.75 Å². The van der Waals surface area contributed by atoms with E-state index in [2.05, 4.69) is 5.10 Å². The zero-order valence-corrected chi connectivity index (χ0v) is 15.7. The fourth-order valence-electron chi connectivity index (χ4n) is 3.66. The molecule has 0 bridgehead atoms. The molecular formula is C20H27N3O3. The Morgan fingerprint density at radius 1 is 1.31 bits per heavy atom. The number of aryl methyl sites for hydroxylation is 3. The van der Waals surface area contributed by atoms with E-state index in [1.165, 1.54) is 0 Å². The van der Waals surface area contributed by atoms with Gasteiger partial charge < -0.3 is 14.7 Å². The van der Waals surface area contributed by atoms with Gasteiger partial charge in [-0.1, -0.05) is 12.1 Å². The maximum absolute atomic E-state index is 12.5. The number of aliphatic hydroxyl groups is 1. The summed E-state index contributed by atoms with van der Waals surface area (Å²) < 4.78 is 7.05. The topological polar surface area (TPSA) is 67.6 Å². The number of ether oxygens (including phenoxy) is 1. The maximum Gasteiger partial charge on any atom is 0.224 e. The number of benzene rings is 1. The van der Waals surface area contributed by atoms with Crippen LogP contribution in [0.25, 0.3) is 0 Å². The molecule has 1 fully saturated rings.